The van der Waals surface area contributed by atoms with Gasteiger partial charge in [0, 0.05) is 11.4 Å². The summed E-state index contributed by atoms with van der Waals surface area (Å²) in [6.07, 6.45) is 7.60. The monoisotopic (exact) mass is 270 g/mol. The van der Waals surface area contributed by atoms with Crippen LogP contribution in [0.3, 0.4) is 0 Å². The van der Waals surface area contributed by atoms with E-state index in [1.165, 1.54) is 25.3 Å². The van der Waals surface area contributed by atoms with Crippen LogP contribution in [0, 0.1) is 17.6 Å². The Kier molecular flexibility index (Phi) is 4.76. The minimum atomic E-state index is -0.416. The largest absolute Gasteiger partial charge is 0.207 e. The molecule has 98 valence electrons. The summed E-state index contributed by atoms with van der Waals surface area (Å²) in [5.74, 6) is 0.00891. The number of rotatable bonds is 3. The molecular weight excluding hydrogens is 254 g/mol. The van der Waals surface area contributed by atoms with Crippen molar-refractivity contribution in [2.45, 2.75) is 32.1 Å². The van der Waals surface area contributed by atoms with Crippen molar-refractivity contribution in [3.63, 3.8) is 0 Å². The van der Waals surface area contributed by atoms with Gasteiger partial charge in [-0.25, -0.2) is 8.78 Å². The van der Waals surface area contributed by atoms with Crippen molar-refractivity contribution in [2.75, 3.05) is 5.88 Å². The molecule has 0 aromatic heterocycles. The van der Waals surface area contributed by atoms with Crippen LogP contribution in [0.15, 0.2) is 23.8 Å². The maximum Gasteiger partial charge on any atom is 0.130 e. The van der Waals surface area contributed by atoms with Gasteiger partial charge >= 0.3 is 0 Å². The molecule has 1 aliphatic carbocycles. The van der Waals surface area contributed by atoms with Gasteiger partial charge in [-0.3, -0.25) is 0 Å². The van der Waals surface area contributed by atoms with Gasteiger partial charge in [0.2, 0.25) is 0 Å². The van der Waals surface area contributed by atoms with E-state index in [-0.39, 0.29) is 0 Å². The Balaban J connectivity index is 2.24. The fourth-order valence-electron chi connectivity index (χ4n) is 2.56. The Labute approximate surface area is 112 Å². The first-order chi connectivity index (χ1) is 8.70. The first kappa shape index (κ1) is 13.5. The molecule has 0 saturated heterocycles. The molecule has 2 rings (SSSR count). The second-order valence-electron chi connectivity index (χ2n) is 4.85. The SMILES string of the molecule is Fc1ccc(F)c(C=C(CCl)C2CCCCC2)c1. The smallest absolute Gasteiger partial charge is 0.130 e. The second kappa shape index (κ2) is 6.33. The van der Waals surface area contributed by atoms with Crippen molar-refractivity contribution < 1.29 is 8.78 Å². The highest BCUT2D eigenvalue weighted by Crippen LogP contribution is 2.31. The summed E-state index contributed by atoms with van der Waals surface area (Å²) in [6.45, 7) is 0. The van der Waals surface area contributed by atoms with Crippen molar-refractivity contribution in [2.24, 2.45) is 5.92 Å². The Morgan fingerprint density at radius 3 is 2.61 bits per heavy atom. The molecule has 1 aliphatic rings. The highest BCUT2D eigenvalue weighted by molar-refractivity contribution is 6.19. The number of halogens is 3. The lowest BCUT2D eigenvalue weighted by molar-refractivity contribution is 0.405. The van der Waals surface area contributed by atoms with E-state index in [9.17, 15) is 8.78 Å². The highest BCUT2D eigenvalue weighted by atomic mass is 35.5. The first-order valence-electron chi connectivity index (χ1n) is 6.42. The van der Waals surface area contributed by atoms with E-state index in [2.05, 4.69) is 0 Å². The predicted molar refractivity (Wildman–Crippen MR) is 71.6 cm³/mol. The molecule has 0 N–H and O–H groups in total. The molecule has 0 unspecified atom stereocenters. The molecule has 18 heavy (non-hydrogen) atoms. The molecule has 1 saturated carbocycles. The van der Waals surface area contributed by atoms with Gasteiger partial charge in [0.05, 0.1) is 0 Å². The predicted octanol–water partition coefficient (Wildman–Crippen LogP) is 5.17. The number of alkyl halides is 1. The molecule has 0 bridgehead atoms. The summed E-state index contributed by atoms with van der Waals surface area (Å²) in [5.41, 5.74) is 1.33. The molecule has 0 nitrogen and oxygen atoms in total. The van der Waals surface area contributed by atoms with E-state index >= 15 is 0 Å². The lowest BCUT2D eigenvalue weighted by Gasteiger charge is -2.23. The third-order valence-electron chi connectivity index (χ3n) is 3.58. The number of benzene rings is 1. The molecule has 0 heterocycles. The number of hydrogen-bond acceptors (Lipinski definition) is 0. The van der Waals surface area contributed by atoms with Crippen LogP contribution in [0.2, 0.25) is 0 Å². The van der Waals surface area contributed by atoms with Crippen LogP contribution in [0.1, 0.15) is 37.7 Å². The molecule has 1 aromatic rings. The third kappa shape index (κ3) is 3.32. The molecule has 1 fully saturated rings. The fraction of sp³-hybridized carbons (Fsp3) is 0.467. The average Bonchev–Trinajstić information content (AvgIpc) is 2.41. The standard InChI is InChI=1S/C15H17ClF2/c16-10-13(11-4-2-1-3-5-11)8-12-9-14(17)6-7-15(12)18/h6-9,11H,1-5,10H2. The van der Waals surface area contributed by atoms with Gasteiger partial charge < -0.3 is 0 Å². The second-order valence-corrected chi connectivity index (χ2v) is 5.12. The van der Waals surface area contributed by atoms with E-state index in [0.29, 0.717) is 17.4 Å². The maximum absolute atomic E-state index is 13.6. The van der Waals surface area contributed by atoms with Gasteiger partial charge in [-0.1, -0.05) is 30.9 Å². The zero-order valence-corrected chi connectivity index (χ0v) is 11.0. The van der Waals surface area contributed by atoms with Gasteiger partial charge in [0.15, 0.2) is 0 Å². The Morgan fingerprint density at radius 1 is 1.22 bits per heavy atom. The van der Waals surface area contributed by atoms with Gasteiger partial charge in [-0.05, 0) is 37.0 Å². The van der Waals surface area contributed by atoms with Crippen molar-refractivity contribution in [3.05, 3.63) is 41.0 Å². The van der Waals surface area contributed by atoms with Crippen molar-refractivity contribution in [3.8, 4) is 0 Å². The molecule has 0 atom stereocenters. The van der Waals surface area contributed by atoms with Crippen LogP contribution >= 0.6 is 11.6 Å². The van der Waals surface area contributed by atoms with E-state index in [0.717, 1.165) is 30.5 Å². The zero-order chi connectivity index (χ0) is 13.0. The van der Waals surface area contributed by atoms with Crippen LogP contribution in [0.5, 0.6) is 0 Å². The third-order valence-corrected chi connectivity index (χ3v) is 3.89. The molecule has 0 spiro atoms. The molecule has 3 heteroatoms. The summed E-state index contributed by atoms with van der Waals surface area (Å²) in [5, 5.41) is 0. The normalized spacial score (nSPS) is 18.1. The average molecular weight is 271 g/mol. The van der Waals surface area contributed by atoms with E-state index < -0.39 is 11.6 Å². The van der Waals surface area contributed by atoms with E-state index in [4.69, 9.17) is 11.6 Å². The van der Waals surface area contributed by atoms with Gasteiger partial charge in [-0.2, -0.15) is 0 Å². The Bertz CT molecular complexity index is 434. The van der Waals surface area contributed by atoms with Crippen molar-refractivity contribution >= 4 is 17.7 Å². The Hall–Kier alpha value is -0.890. The van der Waals surface area contributed by atoms with Crippen LogP contribution < -0.4 is 0 Å². The minimum absolute atomic E-state index is 0.302. The number of hydrogen-bond donors (Lipinski definition) is 0. The summed E-state index contributed by atoms with van der Waals surface area (Å²) < 4.78 is 26.7. The molecule has 0 radical (unpaired) electrons. The topological polar surface area (TPSA) is 0 Å². The van der Waals surface area contributed by atoms with E-state index in [1.54, 1.807) is 6.08 Å². The quantitative estimate of drug-likeness (QED) is 0.665. The van der Waals surface area contributed by atoms with Crippen molar-refractivity contribution in [1.82, 2.24) is 0 Å². The van der Waals surface area contributed by atoms with Gasteiger partial charge in [0.25, 0.3) is 0 Å². The number of allylic oxidation sites excluding steroid dienone is 1. The summed E-state index contributed by atoms with van der Waals surface area (Å²) in [7, 11) is 0. The lowest BCUT2D eigenvalue weighted by Crippen LogP contribution is -2.10. The van der Waals surface area contributed by atoms with Crippen LogP contribution in [0.25, 0.3) is 6.08 Å². The molecule has 1 aromatic carbocycles. The van der Waals surface area contributed by atoms with Gasteiger partial charge in [0.1, 0.15) is 11.6 Å². The molecular formula is C15H17ClF2. The molecule has 0 aliphatic heterocycles. The Morgan fingerprint density at radius 2 is 1.94 bits per heavy atom. The lowest BCUT2D eigenvalue weighted by atomic mass is 9.83. The summed E-state index contributed by atoms with van der Waals surface area (Å²) in [6, 6.07) is 3.52. The minimum Gasteiger partial charge on any atom is -0.207 e. The fourth-order valence-corrected chi connectivity index (χ4v) is 2.86. The van der Waals surface area contributed by atoms with Crippen LogP contribution in [-0.4, -0.2) is 5.88 Å². The van der Waals surface area contributed by atoms with Crippen LogP contribution in [0.4, 0.5) is 8.78 Å². The van der Waals surface area contributed by atoms with Crippen LogP contribution in [-0.2, 0) is 0 Å². The highest BCUT2D eigenvalue weighted by Gasteiger charge is 2.17. The van der Waals surface area contributed by atoms with E-state index in [1.807, 2.05) is 0 Å². The summed E-state index contributed by atoms with van der Waals surface area (Å²) in [4.78, 5) is 0. The summed E-state index contributed by atoms with van der Waals surface area (Å²) >= 11 is 5.96. The zero-order valence-electron chi connectivity index (χ0n) is 10.3. The first-order valence-corrected chi connectivity index (χ1v) is 6.95. The van der Waals surface area contributed by atoms with Crippen molar-refractivity contribution in [1.29, 1.82) is 0 Å². The maximum atomic E-state index is 13.6. The molecule has 0 amide bonds. The van der Waals surface area contributed by atoms with Gasteiger partial charge in [-0.15, -0.1) is 11.6 Å².